The molecule has 0 saturated carbocycles. The van der Waals surface area contributed by atoms with Crippen LogP contribution in [0.5, 0.6) is 5.75 Å². The van der Waals surface area contributed by atoms with E-state index in [2.05, 4.69) is 42.2 Å². The van der Waals surface area contributed by atoms with Crippen molar-refractivity contribution in [1.29, 1.82) is 0 Å². The molecular weight excluding hydrogens is 248 g/mol. The summed E-state index contributed by atoms with van der Waals surface area (Å²) in [6.45, 7) is 1.53. The average molecular weight is 266 g/mol. The molecule has 0 spiro atoms. The van der Waals surface area contributed by atoms with E-state index in [4.69, 9.17) is 4.74 Å². The van der Waals surface area contributed by atoms with E-state index in [-0.39, 0.29) is 0 Å². The number of hydrogen-bond acceptors (Lipinski definition) is 3. The number of aromatic nitrogens is 1. The first-order valence-electron chi connectivity index (χ1n) is 6.75. The Hall–Kier alpha value is -2.13. The van der Waals surface area contributed by atoms with Gasteiger partial charge in [0.05, 0.1) is 0 Å². The number of para-hydroxylation sites is 1. The summed E-state index contributed by atoms with van der Waals surface area (Å²) < 4.78 is 5.88. The molecule has 1 aromatic carbocycles. The lowest BCUT2D eigenvalue weighted by Gasteiger charge is -2.26. The predicted octanol–water partition coefficient (Wildman–Crippen LogP) is 2.84. The van der Waals surface area contributed by atoms with Crippen molar-refractivity contribution in [2.24, 2.45) is 0 Å². The number of benzene rings is 1. The highest BCUT2D eigenvalue weighted by atomic mass is 16.5. The molecule has 0 fully saturated rings. The Morgan fingerprint density at radius 2 is 2.00 bits per heavy atom. The van der Waals surface area contributed by atoms with Gasteiger partial charge < -0.3 is 9.64 Å². The van der Waals surface area contributed by atoms with E-state index in [1.165, 1.54) is 11.1 Å². The first-order chi connectivity index (χ1) is 9.75. The first-order valence-corrected chi connectivity index (χ1v) is 6.75. The highest BCUT2D eigenvalue weighted by Crippen LogP contribution is 2.36. The third-order valence-electron chi connectivity index (χ3n) is 3.37. The molecule has 3 heteroatoms. The van der Waals surface area contributed by atoms with Crippen LogP contribution in [0.4, 0.5) is 0 Å². The van der Waals surface area contributed by atoms with Gasteiger partial charge in [-0.2, -0.15) is 0 Å². The molecule has 3 rings (SSSR count). The molecule has 0 N–H and O–H groups in total. The molecule has 2 aromatic rings. The number of nitrogens with zero attached hydrogens (tertiary/aromatic N) is 2. The molecule has 0 radical (unpaired) electrons. The van der Waals surface area contributed by atoms with E-state index in [1.54, 1.807) is 6.20 Å². The number of ether oxygens (including phenoxy) is 1. The lowest BCUT2D eigenvalue weighted by molar-refractivity contribution is 0.325. The summed E-state index contributed by atoms with van der Waals surface area (Å²) in [5.74, 6) is 0.953. The largest absolute Gasteiger partial charge is 0.489 e. The van der Waals surface area contributed by atoms with E-state index in [1.807, 2.05) is 24.4 Å². The SMILES string of the molecule is CN(C)CC1=C(c2cccnc2)c2ccccc2OC1. The molecule has 1 aliphatic heterocycles. The van der Waals surface area contributed by atoms with Crippen molar-refractivity contribution in [2.45, 2.75) is 0 Å². The molecule has 2 heterocycles. The smallest absolute Gasteiger partial charge is 0.127 e. The van der Waals surface area contributed by atoms with Crippen molar-refractivity contribution in [3.8, 4) is 5.75 Å². The summed E-state index contributed by atoms with van der Waals surface area (Å²) in [7, 11) is 4.16. The van der Waals surface area contributed by atoms with Crippen molar-refractivity contribution in [3.63, 3.8) is 0 Å². The minimum Gasteiger partial charge on any atom is -0.489 e. The molecule has 0 amide bonds. The van der Waals surface area contributed by atoms with Crippen molar-refractivity contribution >= 4 is 5.57 Å². The van der Waals surface area contributed by atoms with Crippen molar-refractivity contribution in [1.82, 2.24) is 9.88 Å². The normalized spacial score (nSPS) is 14.2. The van der Waals surface area contributed by atoms with Crippen LogP contribution in [-0.4, -0.2) is 37.1 Å². The van der Waals surface area contributed by atoms with Gasteiger partial charge in [0.2, 0.25) is 0 Å². The highest BCUT2D eigenvalue weighted by Gasteiger charge is 2.21. The van der Waals surface area contributed by atoms with Gasteiger partial charge in [0.1, 0.15) is 12.4 Å². The molecule has 1 aromatic heterocycles. The summed E-state index contributed by atoms with van der Waals surface area (Å²) in [5.41, 5.74) is 4.86. The van der Waals surface area contributed by atoms with Gasteiger partial charge >= 0.3 is 0 Å². The minimum atomic E-state index is 0.638. The molecule has 0 bridgehead atoms. The molecule has 20 heavy (non-hydrogen) atoms. The molecule has 102 valence electrons. The van der Waals surface area contributed by atoms with Crippen LogP contribution in [-0.2, 0) is 0 Å². The highest BCUT2D eigenvalue weighted by molar-refractivity contribution is 5.86. The Labute approximate surface area is 119 Å². The van der Waals surface area contributed by atoms with Crippen LogP contribution in [0.15, 0.2) is 54.4 Å². The van der Waals surface area contributed by atoms with Crippen LogP contribution in [0.3, 0.4) is 0 Å². The fraction of sp³-hybridized carbons (Fsp3) is 0.235. The number of pyridine rings is 1. The van der Waals surface area contributed by atoms with E-state index in [0.717, 1.165) is 23.4 Å². The van der Waals surface area contributed by atoms with Crippen molar-refractivity contribution in [3.05, 3.63) is 65.5 Å². The Morgan fingerprint density at radius 3 is 2.75 bits per heavy atom. The monoisotopic (exact) mass is 266 g/mol. The number of fused-ring (bicyclic) bond motifs is 1. The standard InChI is InChI=1S/C17H18N2O/c1-19(2)11-14-12-20-16-8-4-3-7-15(16)17(14)13-6-5-9-18-10-13/h3-10H,11-12H2,1-2H3. The van der Waals surface area contributed by atoms with Gasteiger partial charge in [0.25, 0.3) is 0 Å². The average Bonchev–Trinajstić information content (AvgIpc) is 2.47. The lowest BCUT2D eigenvalue weighted by atomic mass is 9.91. The van der Waals surface area contributed by atoms with Crippen LogP contribution in [0, 0.1) is 0 Å². The summed E-state index contributed by atoms with van der Waals surface area (Å²) in [5, 5.41) is 0. The van der Waals surface area contributed by atoms with Crippen molar-refractivity contribution < 1.29 is 4.74 Å². The number of hydrogen-bond donors (Lipinski definition) is 0. The summed E-state index contributed by atoms with van der Waals surface area (Å²) in [6.07, 6.45) is 3.73. The Morgan fingerprint density at radius 1 is 1.15 bits per heavy atom. The summed E-state index contributed by atoms with van der Waals surface area (Å²) >= 11 is 0. The van der Waals surface area contributed by atoms with Gasteiger partial charge in [0, 0.05) is 30.1 Å². The topological polar surface area (TPSA) is 25.4 Å². The summed E-state index contributed by atoms with van der Waals surface area (Å²) in [6, 6.07) is 12.3. The summed E-state index contributed by atoms with van der Waals surface area (Å²) in [4.78, 5) is 6.43. The van der Waals surface area contributed by atoms with Gasteiger partial charge in [-0.15, -0.1) is 0 Å². The van der Waals surface area contributed by atoms with Crippen LogP contribution < -0.4 is 4.74 Å². The molecule has 0 aliphatic carbocycles. The second-order valence-corrected chi connectivity index (χ2v) is 5.24. The Bertz CT molecular complexity index is 632. The minimum absolute atomic E-state index is 0.638. The van der Waals surface area contributed by atoms with Crippen molar-refractivity contribution in [2.75, 3.05) is 27.2 Å². The third-order valence-corrected chi connectivity index (χ3v) is 3.37. The molecule has 0 unspecified atom stereocenters. The van der Waals surface area contributed by atoms with E-state index in [9.17, 15) is 0 Å². The lowest BCUT2D eigenvalue weighted by Crippen LogP contribution is -2.23. The maximum Gasteiger partial charge on any atom is 0.127 e. The van der Waals surface area contributed by atoms with E-state index >= 15 is 0 Å². The second kappa shape index (κ2) is 5.47. The molecule has 0 atom stereocenters. The Kier molecular flexibility index (Phi) is 3.52. The van der Waals surface area contributed by atoms with Crippen LogP contribution in [0.1, 0.15) is 11.1 Å². The fourth-order valence-electron chi connectivity index (χ4n) is 2.60. The zero-order chi connectivity index (χ0) is 13.9. The van der Waals surface area contributed by atoms with Gasteiger partial charge in [-0.1, -0.05) is 24.3 Å². The predicted molar refractivity (Wildman–Crippen MR) is 80.8 cm³/mol. The molecular formula is C17H18N2O. The van der Waals surface area contributed by atoms with Gasteiger partial charge in [-0.05, 0) is 37.4 Å². The molecule has 0 saturated heterocycles. The maximum absolute atomic E-state index is 5.88. The zero-order valence-electron chi connectivity index (χ0n) is 11.8. The van der Waals surface area contributed by atoms with Gasteiger partial charge in [0.15, 0.2) is 0 Å². The number of rotatable bonds is 3. The van der Waals surface area contributed by atoms with Crippen LogP contribution >= 0.6 is 0 Å². The van der Waals surface area contributed by atoms with E-state index < -0.39 is 0 Å². The van der Waals surface area contributed by atoms with Crippen LogP contribution in [0.25, 0.3) is 5.57 Å². The quantitative estimate of drug-likeness (QED) is 0.854. The molecule has 3 nitrogen and oxygen atoms in total. The second-order valence-electron chi connectivity index (χ2n) is 5.24. The van der Waals surface area contributed by atoms with Crippen LogP contribution in [0.2, 0.25) is 0 Å². The number of likely N-dealkylation sites (N-methyl/N-ethyl adjacent to an activating group) is 1. The Balaban J connectivity index is 2.17. The fourth-order valence-corrected chi connectivity index (χ4v) is 2.60. The maximum atomic E-state index is 5.88. The van der Waals surface area contributed by atoms with Gasteiger partial charge in [-0.3, -0.25) is 4.98 Å². The third kappa shape index (κ3) is 2.45. The molecule has 1 aliphatic rings. The first kappa shape index (κ1) is 12.9. The zero-order valence-corrected chi connectivity index (χ0v) is 11.8. The van der Waals surface area contributed by atoms with E-state index in [0.29, 0.717) is 6.61 Å². The van der Waals surface area contributed by atoms with Gasteiger partial charge in [-0.25, -0.2) is 0 Å².